The number of hydrogen-bond donors (Lipinski definition) is 3. The number of aliphatic carboxylic acids is 2. The molecule has 1 aliphatic rings. The summed E-state index contributed by atoms with van der Waals surface area (Å²) in [6.07, 6.45) is -1.82. The largest absolute Gasteiger partial charge is 0.481 e. The summed E-state index contributed by atoms with van der Waals surface area (Å²) >= 11 is 0. The number of hydroxylamine groups is 2. The van der Waals surface area contributed by atoms with Crippen molar-refractivity contribution in [1.29, 1.82) is 0 Å². The fraction of sp³-hybridized carbons (Fsp3) is 0.765. The average Bonchev–Trinajstić information content (AvgIpc) is 2.40. The summed E-state index contributed by atoms with van der Waals surface area (Å²) in [7, 11) is 0. The van der Waals surface area contributed by atoms with Gasteiger partial charge in [0.25, 0.3) is 0 Å². The lowest BCUT2D eigenvalue weighted by atomic mass is 9.80. The minimum absolute atomic E-state index is 0.363. The van der Waals surface area contributed by atoms with Crippen molar-refractivity contribution in [3.63, 3.8) is 0 Å². The zero-order valence-electron chi connectivity index (χ0n) is 16.1. The van der Waals surface area contributed by atoms with Gasteiger partial charge in [-0.2, -0.15) is 0 Å². The van der Waals surface area contributed by atoms with Crippen LogP contribution in [0.5, 0.6) is 0 Å². The lowest BCUT2D eigenvalue weighted by molar-refractivity contribution is -0.279. The molecule has 0 spiro atoms. The zero-order valence-corrected chi connectivity index (χ0v) is 16.1. The first-order chi connectivity index (χ1) is 12.1. The third-order valence-corrected chi connectivity index (χ3v) is 4.36. The summed E-state index contributed by atoms with van der Waals surface area (Å²) in [6, 6.07) is 0. The van der Waals surface area contributed by atoms with Crippen molar-refractivity contribution in [2.24, 2.45) is 0 Å². The summed E-state index contributed by atoms with van der Waals surface area (Å²) < 4.78 is 5.28. The van der Waals surface area contributed by atoms with Gasteiger partial charge in [-0.05, 0) is 27.7 Å². The van der Waals surface area contributed by atoms with Crippen molar-refractivity contribution < 1.29 is 44.1 Å². The molecule has 0 aromatic carbocycles. The van der Waals surface area contributed by atoms with Gasteiger partial charge in [0.1, 0.15) is 6.10 Å². The number of piperidine rings is 1. The first kappa shape index (κ1) is 22.8. The molecule has 0 aromatic rings. The number of carboxylic acid groups (broad SMARTS) is 2. The maximum Gasteiger partial charge on any atom is 0.336 e. The van der Waals surface area contributed by atoms with Crippen LogP contribution in [-0.2, 0) is 28.8 Å². The number of carbonyl (C=O) groups is 4. The Balaban J connectivity index is 2.95. The Hall–Kier alpha value is -2.20. The highest BCUT2D eigenvalue weighted by Crippen LogP contribution is 2.40. The molecule has 1 rings (SSSR count). The minimum Gasteiger partial charge on any atom is -0.481 e. The quantitative estimate of drug-likeness (QED) is 0.531. The topological polar surface area (TPSA) is 151 Å². The summed E-state index contributed by atoms with van der Waals surface area (Å²) in [4.78, 5) is 50.9. The Morgan fingerprint density at radius 3 is 1.89 bits per heavy atom. The lowest BCUT2D eigenvalue weighted by Crippen LogP contribution is -2.62. The smallest absolute Gasteiger partial charge is 0.336 e. The second-order valence-corrected chi connectivity index (χ2v) is 8.11. The molecule has 10 heteroatoms. The molecule has 0 radical (unpaired) electrons. The van der Waals surface area contributed by atoms with Crippen LogP contribution in [0.25, 0.3) is 0 Å². The van der Waals surface area contributed by atoms with Crippen LogP contribution < -0.4 is 0 Å². The van der Waals surface area contributed by atoms with E-state index >= 15 is 0 Å². The van der Waals surface area contributed by atoms with E-state index in [0.717, 1.165) is 0 Å². The zero-order chi connectivity index (χ0) is 21.2. The highest BCUT2D eigenvalue weighted by molar-refractivity contribution is 5.88. The van der Waals surface area contributed by atoms with E-state index in [9.17, 15) is 24.3 Å². The van der Waals surface area contributed by atoms with Crippen LogP contribution in [0.1, 0.15) is 60.3 Å². The molecule has 1 aliphatic heterocycles. The van der Waals surface area contributed by atoms with E-state index < -0.39 is 53.4 Å². The van der Waals surface area contributed by atoms with Crippen LogP contribution in [0.2, 0.25) is 0 Å². The van der Waals surface area contributed by atoms with Crippen LogP contribution in [0.3, 0.4) is 0 Å². The molecular weight excluding hydrogens is 362 g/mol. The van der Waals surface area contributed by atoms with Crippen LogP contribution >= 0.6 is 0 Å². The maximum atomic E-state index is 12.3. The van der Waals surface area contributed by atoms with Crippen molar-refractivity contribution in [1.82, 2.24) is 5.06 Å². The molecule has 0 aliphatic carbocycles. The minimum atomic E-state index is -2.77. The Morgan fingerprint density at radius 1 is 1.04 bits per heavy atom. The third-order valence-electron chi connectivity index (χ3n) is 4.36. The van der Waals surface area contributed by atoms with Gasteiger partial charge in [0.15, 0.2) is 5.60 Å². The molecule has 0 saturated carbocycles. The monoisotopic (exact) mass is 389 g/mol. The molecule has 0 bridgehead atoms. The standard InChI is InChI=1S/C17H27NO9/c1-10(19)26-11-6-15(2,3)18(16(4,5)7-11)27-13(22)9-17(25,14(23)24)8-12(20)21/h11,25H,6-9H2,1-5H3,(H,20,21)(H,23,24). The van der Waals surface area contributed by atoms with Crippen LogP contribution in [0.15, 0.2) is 0 Å². The number of rotatable bonds is 7. The number of carboxylic acids is 2. The molecule has 154 valence electrons. The second-order valence-electron chi connectivity index (χ2n) is 8.11. The molecule has 0 aromatic heterocycles. The van der Waals surface area contributed by atoms with E-state index in [1.165, 1.54) is 12.0 Å². The average molecular weight is 389 g/mol. The molecule has 3 N–H and O–H groups in total. The maximum absolute atomic E-state index is 12.3. The van der Waals surface area contributed by atoms with Crippen molar-refractivity contribution in [3.05, 3.63) is 0 Å². The molecule has 10 nitrogen and oxygen atoms in total. The number of nitrogens with zero attached hydrogens (tertiary/aromatic N) is 1. The lowest BCUT2D eigenvalue weighted by Gasteiger charge is -2.52. The molecule has 1 saturated heterocycles. The molecule has 1 heterocycles. The Morgan fingerprint density at radius 2 is 1.52 bits per heavy atom. The molecule has 27 heavy (non-hydrogen) atoms. The summed E-state index contributed by atoms with van der Waals surface area (Å²) in [5.41, 5.74) is -4.29. The van der Waals surface area contributed by atoms with Gasteiger partial charge in [-0.15, -0.1) is 5.06 Å². The fourth-order valence-electron chi connectivity index (χ4n) is 3.57. The van der Waals surface area contributed by atoms with E-state index in [1.54, 1.807) is 27.7 Å². The third kappa shape index (κ3) is 5.90. The summed E-state index contributed by atoms with van der Waals surface area (Å²) in [5.74, 6) is -4.88. The molecule has 1 fully saturated rings. The van der Waals surface area contributed by atoms with E-state index in [0.29, 0.717) is 12.8 Å². The van der Waals surface area contributed by atoms with Gasteiger partial charge in [0, 0.05) is 19.8 Å². The van der Waals surface area contributed by atoms with Gasteiger partial charge >= 0.3 is 23.9 Å². The number of esters is 1. The van der Waals surface area contributed by atoms with Gasteiger partial charge in [-0.25, -0.2) is 4.79 Å². The molecule has 0 amide bonds. The first-order valence-electron chi connectivity index (χ1n) is 8.45. The van der Waals surface area contributed by atoms with E-state index in [-0.39, 0.29) is 6.10 Å². The van der Waals surface area contributed by atoms with Gasteiger partial charge in [-0.1, -0.05) is 0 Å². The summed E-state index contributed by atoms with van der Waals surface area (Å²) in [5, 5.41) is 29.2. The Labute approximate surface area is 157 Å². The van der Waals surface area contributed by atoms with Gasteiger partial charge in [-0.3, -0.25) is 14.4 Å². The Bertz CT molecular complexity index is 610. The highest BCUT2D eigenvalue weighted by atomic mass is 16.7. The van der Waals surface area contributed by atoms with Crippen LogP contribution in [0.4, 0.5) is 0 Å². The fourth-order valence-corrected chi connectivity index (χ4v) is 3.57. The predicted molar refractivity (Wildman–Crippen MR) is 90.3 cm³/mol. The van der Waals surface area contributed by atoms with Gasteiger partial charge in [0.05, 0.1) is 23.9 Å². The summed E-state index contributed by atoms with van der Waals surface area (Å²) in [6.45, 7) is 8.36. The van der Waals surface area contributed by atoms with Crippen molar-refractivity contribution in [3.8, 4) is 0 Å². The van der Waals surface area contributed by atoms with Gasteiger partial charge in [0.2, 0.25) is 0 Å². The number of hydrogen-bond acceptors (Lipinski definition) is 8. The number of aliphatic hydroxyl groups is 1. The predicted octanol–water partition coefficient (Wildman–Crippen LogP) is 0.710. The van der Waals surface area contributed by atoms with Crippen molar-refractivity contribution >= 4 is 23.9 Å². The van der Waals surface area contributed by atoms with Gasteiger partial charge < -0.3 is 24.9 Å². The normalized spacial score (nSPS) is 21.7. The molecule has 1 unspecified atom stereocenters. The SMILES string of the molecule is CC(=O)OC1CC(C)(C)N(OC(=O)CC(O)(CC(=O)O)C(=O)O)C(C)(C)C1. The number of ether oxygens (including phenoxy) is 1. The Kier molecular flexibility index (Phi) is 6.61. The second kappa shape index (κ2) is 7.81. The van der Waals surface area contributed by atoms with Crippen molar-refractivity contribution in [2.75, 3.05) is 0 Å². The van der Waals surface area contributed by atoms with E-state index in [4.69, 9.17) is 19.8 Å². The molecule has 1 atom stereocenters. The van der Waals surface area contributed by atoms with Crippen molar-refractivity contribution in [2.45, 2.75) is 83.1 Å². The van der Waals surface area contributed by atoms with Crippen LogP contribution in [0, 0.1) is 0 Å². The van der Waals surface area contributed by atoms with E-state index in [1.807, 2.05) is 0 Å². The highest BCUT2D eigenvalue weighted by Gasteiger charge is 2.50. The van der Waals surface area contributed by atoms with Crippen LogP contribution in [-0.4, -0.2) is 67.0 Å². The number of carbonyl (C=O) groups excluding carboxylic acids is 2. The van der Waals surface area contributed by atoms with E-state index in [2.05, 4.69) is 0 Å². The molecular formula is C17H27NO9. The first-order valence-corrected chi connectivity index (χ1v) is 8.45.